The number of hydrogen-bond donors (Lipinski definition) is 2. The Hall–Kier alpha value is -4.10. The Kier molecular flexibility index (Phi) is 7.33. The van der Waals surface area contributed by atoms with Crippen LogP contribution >= 0.6 is 11.3 Å². The number of pyridine rings is 2. The van der Waals surface area contributed by atoms with Crippen molar-refractivity contribution < 1.29 is 27.9 Å². The molecule has 0 spiro atoms. The molecule has 0 bridgehead atoms. The van der Waals surface area contributed by atoms with Crippen molar-refractivity contribution in [3.8, 4) is 21.7 Å². The van der Waals surface area contributed by atoms with Crippen molar-refractivity contribution >= 4 is 39.9 Å². The molecule has 0 aliphatic carbocycles. The zero-order valence-corrected chi connectivity index (χ0v) is 21.3. The summed E-state index contributed by atoms with van der Waals surface area (Å²) in [7, 11) is 3.73. The van der Waals surface area contributed by atoms with Crippen molar-refractivity contribution in [2.45, 2.75) is 19.6 Å². The number of carboxylic acids is 1. The number of carboxylic acid groups (broad SMARTS) is 1. The van der Waals surface area contributed by atoms with Crippen LogP contribution in [0.3, 0.4) is 0 Å². The van der Waals surface area contributed by atoms with Crippen LogP contribution in [0.1, 0.15) is 23.0 Å². The average molecular weight is 546 g/mol. The highest BCUT2D eigenvalue weighted by Gasteiger charge is 2.34. The predicted octanol–water partition coefficient (Wildman–Crippen LogP) is 4.42. The van der Waals surface area contributed by atoms with E-state index in [0.29, 0.717) is 29.7 Å². The van der Waals surface area contributed by atoms with Crippen LogP contribution in [-0.2, 0) is 17.5 Å². The van der Waals surface area contributed by atoms with Gasteiger partial charge < -0.3 is 19.9 Å². The maximum Gasteiger partial charge on any atom is 0.434 e. The molecule has 0 radical (unpaired) electrons. The minimum atomic E-state index is -4.64. The van der Waals surface area contributed by atoms with Crippen molar-refractivity contribution in [3.05, 3.63) is 63.5 Å². The van der Waals surface area contributed by atoms with Crippen LogP contribution in [0.2, 0.25) is 0 Å². The first-order valence-electron chi connectivity index (χ1n) is 11.2. The van der Waals surface area contributed by atoms with Gasteiger partial charge in [-0.25, -0.2) is 14.8 Å². The van der Waals surface area contributed by atoms with Crippen LogP contribution < -0.4 is 10.7 Å². The van der Waals surface area contributed by atoms with Crippen molar-refractivity contribution in [3.63, 3.8) is 0 Å². The summed E-state index contributed by atoms with van der Waals surface area (Å²) in [6.07, 6.45) is -1.97. The standard InChI is InChI=1S/C25H22F3N5O4S/c1-13(34)30-21-9-15(23-31-20(12-38-23)25(26,27)28)17(10-29-21)14-4-5-19-16(8-14)22(35)18(24(36)37)11-33(19)7-6-32(2)3/h4-5,8-12H,6-7H2,1-3H3,(H,36,37)(H,29,30,34). The molecular weight excluding hydrogens is 523 g/mol. The van der Waals surface area contributed by atoms with E-state index in [1.807, 2.05) is 19.0 Å². The van der Waals surface area contributed by atoms with E-state index < -0.39 is 34.7 Å². The molecule has 3 heterocycles. The van der Waals surface area contributed by atoms with E-state index in [0.717, 1.165) is 16.7 Å². The molecule has 0 saturated carbocycles. The molecule has 2 N–H and O–H groups in total. The van der Waals surface area contributed by atoms with Crippen LogP contribution in [0.25, 0.3) is 32.6 Å². The van der Waals surface area contributed by atoms with Gasteiger partial charge in [-0.15, -0.1) is 11.3 Å². The highest BCUT2D eigenvalue weighted by atomic mass is 32.1. The van der Waals surface area contributed by atoms with Gasteiger partial charge in [0.05, 0.1) is 5.52 Å². The van der Waals surface area contributed by atoms with Gasteiger partial charge in [0.2, 0.25) is 11.3 Å². The SMILES string of the molecule is CC(=O)Nc1cc(-c2nc(C(F)(F)F)cs2)c(-c2ccc3c(c2)c(=O)c(C(=O)O)cn3CCN(C)C)cn1. The van der Waals surface area contributed by atoms with Crippen molar-refractivity contribution in [2.24, 2.45) is 0 Å². The topological polar surface area (TPSA) is 117 Å². The van der Waals surface area contributed by atoms with Crippen LogP contribution in [0.15, 0.2) is 46.8 Å². The van der Waals surface area contributed by atoms with E-state index in [-0.39, 0.29) is 21.8 Å². The number of nitrogens with zero attached hydrogens (tertiary/aromatic N) is 4. The van der Waals surface area contributed by atoms with Crippen molar-refractivity contribution in [1.82, 2.24) is 19.4 Å². The number of aromatic carboxylic acids is 1. The minimum Gasteiger partial charge on any atom is -0.477 e. The second kappa shape index (κ2) is 10.3. The van der Waals surface area contributed by atoms with E-state index >= 15 is 0 Å². The van der Waals surface area contributed by atoms with Crippen LogP contribution in [0.4, 0.5) is 19.0 Å². The zero-order valence-electron chi connectivity index (χ0n) is 20.5. The lowest BCUT2D eigenvalue weighted by Crippen LogP contribution is -2.23. The molecule has 9 nitrogen and oxygen atoms in total. The molecule has 0 unspecified atom stereocenters. The summed E-state index contributed by atoms with van der Waals surface area (Å²) in [5.74, 6) is -1.68. The van der Waals surface area contributed by atoms with Crippen LogP contribution in [0.5, 0.6) is 0 Å². The molecule has 0 aliphatic rings. The smallest absolute Gasteiger partial charge is 0.434 e. The number of benzene rings is 1. The summed E-state index contributed by atoms with van der Waals surface area (Å²) in [6.45, 7) is 2.27. The molecule has 1 amide bonds. The third-order valence-electron chi connectivity index (χ3n) is 5.64. The van der Waals surface area contributed by atoms with E-state index in [2.05, 4.69) is 15.3 Å². The van der Waals surface area contributed by atoms with Gasteiger partial charge in [0.1, 0.15) is 16.4 Å². The maximum atomic E-state index is 13.3. The van der Waals surface area contributed by atoms with Gasteiger partial charge in [0.25, 0.3) is 0 Å². The van der Waals surface area contributed by atoms with Gasteiger partial charge in [-0.1, -0.05) is 6.07 Å². The number of halogens is 3. The summed E-state index contributed by atoms with van der Waals surface area (Å²) in [5, 5.41) is 13.2. The number of aromatic nitrogens is 3. The van der Waals surface area contributed by atoms with Gasteiger partial charge >= 0.3 is 12.1 Å². The lowest BCUT2D eigenvalue weighted by molar-refractivity contribution is -0.140. The molecule has 4 aromatic rings. The van der Waals surface area contributed by atoms with Gasteiger partial charge in [-0.05, 0) is 37.9 Å². The van der Waals surface area contributed by atoms with Gasteiger partial charge in [0, 0.05) is 54.3 Å². The number of nitrogens with one attached hydrogen (secondary N) is 1. The van der Waals surface area contributed by atoms with E-state index in [1.54, 1.807) is 16.7 Å². The quantitative estimate of drug-likeness (QED) is 0.353. The highest BCUT2D eigenvalue weighted by molar-refractivity contribution is 7.13. The Bertz CT molecular complexity index is 1610. The molecular formula is C25H22F3N5O4S. The fourth-order valence-corrected chi connectivity index (χ4v) is 4.71. The second-order valence-corrected chi connectivity index (χ2v) is 9.60. The Balaban J connectivity index is 1.93. The summed E-state index contributed by atoms with van der Waals surface area (Å²) in [4.78, 5) is 46.3. The number of carbonyl (C=O) groups is 2. The average Bonchev–Trinajstić information content (AvgIpc) is 3.34. The van der Waals surface area contributed by atoms with Gasteiger partial charge in [0.15, 0.2) is 5.69 Å². The molecule has 4 rings (SSSR count). The number of alkyl halides is 3. The molecule has 3 aromatic heterocycles. The monoisotopic (exact) mass is 545 g/mol. The Morgan fingerprint density at radius 3 is 2.53 bits per heavy atom. The number of thiazole rings is 1. The normalized spacial score (nSPS) is 11.8. The zero-order chi connectivity index (χ0) is 27.8. The molecule has 1 aromatic carbocycles. The lowest BCUT2D eigenvalue weighted by atomic mass is 9.99. The third kappa shape index (κ3) is 5.58. The first-order chi connectivity index (χ1) is 17.8. The summed E-state index contributed by atoms with van der Waals surface area (Å²) in [6, 6.07) is 6.23. The van der Waals surface area contributed by atoms with Crippen molar-refractivity contribution in [2.75, 3.05) is 26.0 Å². The van der Waals surface area contributed by atoms with Crippen LogP contribution in [-0.4, -0.2) is 57.1 Å². The molecule has 198 valence electrons. The fraction of sp³-hybridized carbons (Fsp3) is 0.240. The van der Waals surface area contributed by atoms with E-state index in [4.69, 9.17) is 0 Å². The predicted molar refractivity (Wildman–Crippen MR) is 137 cm³/mol. The highest BCUT2D eigenvalue weighted by Crippen LogP contribution is 2.39. The molecule has 0 aliphatic heterocycles. The number of likely N-dealkylation sites (N-methyl/N-ethyl adjacent to an activating group) is 1. The number of amides is 1. The van der Waals surface area contributed by atoms with Crippen molar-refractivity contribution in [1.29, 1.82) is 0 Å². The molecule has 0 saturated heterocycles. The minimum absolute atomic E-state index is 0.0316. The molecule has 0 fully saturated rings. The number of rotatable bonds is 7. The number of hydrogen-bond acceptors (Lipinski definition) is 7. The third-order valence-corrected chi connectivity index (χ3v) is 6.52. The molecule has 13 heteroatoms. The Morgan fingerprint density at radius 1 is 1.18 bits per heavy atom. The second-order valence-electron chi connectivity index (χ2n) is 8.74. The number of carbonyl (C=O) groups excluding carboxylic acids is 1. The summed E-state index contributed by atoms with van der Waals surface area (Å²) < 4.78 is 41.4. The van der Waals surface area contributed by atoms with E-state index in [9.17, 15) is 32.7 Å². The summed E-state index contributed by atoms with van der Waals surface area (Å²) in [5.41, 5.74) is -0.624. The first kappa shape index (κ1) is 26.9. The number of anilines is 1. The van der Waals surface area contributed by atoms with Crippen LogP contribution in [0, 0.1) is 0 Å². The van der Waals surface area contributed by atoms with Gasteiger partial charge in [-0.2, -0.15) is 13.2 Å². The molecule has 0 atom stereocenters. The maximum absolute atomic E-state index is 13.3. The first-order valence-corrected chi connectivity index (χ1v) is 12.1. The number of fused-ring (bicyclic) bond motifs is 1. The fourth-order valence-electron chi connectivity index (χ4n) is 3.85. The lowest BCUT2D eigenvalue weighted by Gasteiger charge is -2.16. The Labute approximate surface area is 218 Å². The van der Waals surface area contributed by atoms with Gasteiger partial charge in [-0.3, -0.25) is 9.59 Å². The summed E-state index contributed by atoms with van der Waals surface area (Å²) >= 11 is 0.771. The largest absolute Gasteiger partial charge is 0.477 e. The van der Waals surface area contributed by atoms with E-state index in [1.165, 1.54) is 31.5 Å². The molecule has 38 heavy (non-hydrogen) atoms. The Morgan fingerprint density at radius 2 is 1.92 bits per heavy atom.